The second-order valence-electron chi connectivity index (χ2n) is 6.88. The predicted octanol–water partition coefficient (Wildman–Crippen LogP) is 4.66. The number of hydrogen-bond acceptors (Lipinski definition) is 3. The van der Waals surface area contributed by atoms with Crippen molar-refractivity contribution in [3.05, 3.63) is 71.9 Å². The van der Waals surface area contributed by atoms with E-state index in [0.717, 1.165) is 27.7 Å². The molecular formula is C24H23N3O2. The van der Waals surface area contributed by atoms with Gasteiger partial charge in [-0.1, -0.05) is 42.5 Å². The summed E-state index contributed by atoms with van der Waals surface area (Å²) >= 11 is 0. The summed E-state index contributed by atoms with van der Waals surface area (Å²) in [6.45, 7) is 2.45. The molecule has 4 rings (SSSR count). The number of carbonyl (C=O) groups excluding carboxylic acids is 1. The van der Waals surface area contributed by atoms with Crippen LogP contribution >= 0.6 is 0 Å². The van der Waals surface area contributed by atoms with Crippen molar-refractivity contribution >= 4 is 34.0 Å². The van der Waals surface area contributed by atoms with Gasteiger partial charge in [-0.25, -0.2) is 4.79 Å². The van der Waals surface area contributed by atoms with Gasteiger partial charge in [0.05, 0.1) is 30.7 Å². The van der Waals surface area contributed by atoms with Gasteiger partial charge in [0, 0.05) is 18.0 Å². The number of hydrogen-bond donors (Lipinski definition) is 1. The molecular weight excluding hydrogens is 362 g/mol. The molecule has 29 heavy (non-hydrogen) atoms. The quantitative estimate of drug-likeness (QED) is 0.308. The predicted molar refractivity (Wildman–Crippen MR) is 118 cm³/mol. The Labute approximate surface area is 169 Å². The van der Waals surface area contributed by atoms with Gasteiger partial charge >= 0.3 is 5.97 Å². The van der Waals surface area contributed by atoms with E-state index in [1.807, 2.05) is 29.8 Å². The van der Waals surface area contributed by atoms with Crippen molar-refractivity contribution in [3.63, 3.8) is 0 Å². The maximum Gasteiger partial charge on any atom is 0.340 e. The van der Waals surface area contributed by atoms with Crippen molar-refractivity contribution < 1.29 is 9.53 Å². The molecule has 0 unspecified atom stereocenters. The van der Waals surface area contributed by atoms with Crippen LogP contribution in [0.5, 0.6) is 0 Å². The molecule has 0 atom stereocenters. The van der Waals surface area contributed by atoms with Gasteiger partial charge in [-0.15, -0.1) is 0 Å². The molecule has 5 heteroatoms. The summed E-state index contributed by atoms with van der Waals surface area (Å²) in [6.07, 6.45) is 1.26. The minimum atomic E-state index is -0.337. The molecule has 0 saturated carbocycles. The van der Waals surface area contributed by atoms with Gasteiger partial charge in [0.15, 0.2) is 0 Å². The van der Waals surface area contributed by atoms with Crippen LogP contribution in [-0.4, -0.2) is 23.5 Å². The molecule has 3 aromatic carbocycles. The molecule has 0 bridgehead atoms. The lowest BCUT2D eigenvalue weighted by Gasteiger charge is -2.06. The molecule has 146 valence electrons. The second kappa shape index (κ2) is 7.80. The highest BCUT2D eigenvalue weighted by Crippen LogP contribution is 2.32. The molecule has 0 saturated heterocycles. The lowest BCUT2D eigenvalue weighted by molar-refractivity contribution is 0.0527. The fourth-order valence-corrected chi connectivity index (χ4v) is 3.80. The number of fused-ring (bicyclic) bond motifs is 2. The van der Waals surface area contributed by atoms with E-state index in [9.17, 15) is 4.79 Å². The van der Waals surface area contributed by atoms with Gasteiger partial charge in [0.25, 0.3) is 0 Å². The van der Waals surface area contributed by atoms with Crippen molar-refractivity contribution in [2.45, 2.75) is 13.5 Å². The Morgan fingerprint density at radius 2 is 1.79 bits per heavy atom. The first kappa shape index (κ1) is 18.7. The zero-order valence-corrected chi connectivity index (χ0v) is 16.6. The topological polar surface area (TPSA) is 69.6 Å². The van der Waals surface area contributed by atoms with Gasteiger partial charge < -0.3 is 15.0 Å². The summed E-state index contributed by atoms with van der Waals surface area (Å²) in [6, 6.07) is 20.9. The lowest BCUT2D eigenvalue weighted by atomic mass is 9.99. The number of aromatic nitrogens is 1. The van der Waals surface area contributed by atoms with Crippen LogP contribution in [-0.2, 0) is 18.3 Å². The van der Waals surface area contributed by atoms with E-state index >= 15 is 0 Å². The lowest BCUT2D eigenvalue weighted by Crippen LogP contribution is -2.09. The number of aryl methyl sites for hydroxylation is 1. The summed E-state index contributed by atoms with van der Waals surface area (Å²) in [7, 11) is 1.93. The first-order valence-corrected chi connectivity index (χ1v) is 9.61. The highest BCUT2D eigenvalue weighted by molar-refractivity contribution is 6.07. The molecule has 0 radical (unpaired) electrons. The molecule has 0 aliphatic carbocycles. The molecule has 4 aromatic rings. The van der Waals surface area contributed by atoms with Crippen molar-refractivity contribution in [1.82, 2.24) is 4.57 Å². The Morgan fingerprint density at radius 3 is 2.55 bits per heavy atom. The molecule has 0 aliphatic heterocycles. The van der Waals surface area contributed by atoms with E-state index in [2.05, 4.69) is 47.5 Å². The van der Waals surface area contributed by atoms with E-state index in [1.165, 1.54) is 17.1 Å². The maximum absolute atomic E-state index is 12.8. The third kappa shape index (κ3) is 3.36. The third-order valence-corrected chi connectivity index (χ3v) is 5.23. The normalized spacial score (nSPS) is 11.5. The molecule has 0 fully saturated rings. The van der Waals surface area contributed by atoms with Crippen LogP contribution in [0.15, 0.2) is 65.7 Å². The van der Waals surface area contributed by atoms with Gasteiger partial charge in [0.1, 0.15) is 0 Å². The number of rotatable bonds is 5. The van der Waals surface area contributed by atoms with E-state index < -0.39 is 0 Å². The Morgan fingerprint density at radius 1 is 1.07 bits per heavy atom. The fraction of sp³-hybridized carbons (Fsp3) is 0.167. The van der Waals surface area contributed by atoms with Crippen LogP contribution in [0.2, 0.25) is 0 Å². The van der Waals surface area contributed by atoms with E-state index in [1.54, 1.807) is 6.92 Å². The Kier molecular flexibility index (Phi) is 5.04. The average molecular weight is 385 g/mol. The molecule has 2 N–H and O–H groups in total. The van der Waals surface area contributed by atoms with E-state index in [-0.39, 0.29) is 5.97 Å². The number of nitrogens with two attached hydrogens (primary N) is 1. The third-order valence-electron chi connectivity index (χ3n) is 5.23. The van der Waals surface area contributed by atoms with Crippen molar-refractivity contribution in [2.24, 2.45) is 17.8 Å². The first-order chi connectivity index (χ1) is 14.1. The summed E-state index contributed by atoms with van der Waals surface area (Å²) in [5.41, 5.74) is 9.89. The fourth-order valence-electron chi connectivity index (χ4n) is 3.80. The van der Waals surface area contributed by atoms with Gasteiger partial charge in [0.2, 0.25) is 0 Å². The van der Waals surface area contributed by atoms with Gasteiger partial charge in [-0.05, 0) is 47.0 Å². The smallest absolute Gasteiger partial charge is 0.340 e. The highest BCUT2D eigenvalue weighted by atomic mass is 16.5. The first-order valence-electron chi connectivity index (χ1n) is 9.61. The number of ether oxygens (including phenoxy) is 1. The highest BCUT2D eigenvalue weighted by Gasteiger charge is 2.22. The second-order valence-corrected chi connectivity index (χ2v) is 6.88. The zero-order chi connectivity index (χ0) is 20.4. The summed E-state index contributed by atoms with van der Waals surface area (Å²) in [5.74, 6) is -0.337. The van der Waals surface area contributed by atoms with Gasteiger partial charge in [-0.2, -0.15) is 0 Å². The number of nitrogens with zero attached hydrogens (tertiary/aromatic N) is 2. The standard InChI is InChI=1S/C24H23N3O2/c1-3-29-24(28)23-20-13-19(10-11-21(20)27(2)22(23)14-26-15-25)18-9-8-16-6-4-5-7-17(16)12-18/h4-13,15H,3,14H2,1-2H3,(H2,25,26). The largest absolute Gasteiger partial charge is 0.462 e. The summed E-state index contributed by atoms with van der Waals surface area (Å²) in [5, 5.41) is 3.24. The van der Waals surface area contributed by atoms with Crippen LogP contribution in [0.4, 0.5) is 0 Å². The summed E-state index contributed by atoms with van der Waals surface area (Å²) in [4.78, 5) is 16.9. The number of aliphatic imine (C=N–C) groups is 1. The van der Waals surface area contributed by atoms with Crippen LogP contribution in [0.1, 0.15) is 23.0 Å². The maximum atomic E-state index is 12.8. The Balaban J connectivity index is 1.91. The van der Waals surface area contributed by atoms with Gasteiger partial charge in [-0.3, -0.25) is 4.99 Å². The average Bonchev–Trinajstić information content (AvgIpc) is 3.03. The Hall–Kier alpha value is -3.60. The van der Waals surface area contributed by atoms with Crippen LogP contribution in [0.3, 0.4) is 0 Å². The van der Waals surface area contributed by atoms with Crippen molar-refractivity contribution in [1.29, 1.82) is 0 Å². The van der Waals surface area contributed by atoms with Crippen molar-refractivity contribution in [2.75, 3.05) is 6.61 Å². The van der Waals surface area contributed by atoms with Crippen LogP contribution < -0.4 is 5.73 Å². The van der Waals surface area contributed by atoms with E-state index in [4.69, 9.17) is 10.5 Å². The van der Waals surface area contributed by atoms with Crippen molar-refractivity contribution in [3.8, 4) is 11.1 Å². The number of esters is 1. The minimum absolute atomic E-state index is 0.319. The van der Waals surface area contributed by atoms with Crippen LogP contribution in [0, 0.1) is 0 Å². The Bertz CT molecular complexity index is 1240. The molecule has 0 aliphatic rings. The van der Waals surface area contributed by atoms with Crippen LogP contribution in [0.25, 0.3) is 32.8 Å². The molecule has 1 heterocycles. The number of benzene rings is 3. The summed E-state index contributed by atoms with van der Waals surface area (Å²) < 4.78 is 7.32. The minimum Gasteiger partial charge on any atom is -0.462 e. The SMILES string of the molecule is CCOC(=O)c1c(CN=CN)n(C)c2ccc(-c3ccc4ccccc4c3)cc12. The van der Waals surface area contributed by atoms with E-state index in [0.29, 0.717) is 18.7 Å². The zero-order valence-electron chi connectivity index (χ0n) is 16.6. The monoisotopic (exact) mass is 385 g/mol. The number of carbonyl (C=O) groups is 1. The molecule has 1 aromatic heterocycles. The molecule has 0 amide bonds. The molecule has 5 nitrogen and oxygen atoms in total. The molecule has 0 spiro atoms.